The summed E-state index contributed by atoms with van der Waals surface area (Å²) in [6.45, 7) is 4.82. The second-order valence-corrected chi connectivity index (χ2v) is 7.12. The lowest BCUT2D eigenvalue weighted by atomic mass is 9.89. The molecular formula is C18H23FN6O. The highest BCUT2D eigenvalue weighted by Crippen LogP contribution is 2.34. The molecule has 2 aromatic heterocycles. The van der Waals surface area contributed by atoms with Crippen molar-refractivity contribution in [3.8, 4) is 0 Å². The Bertz CT molecular complexity index is 822. The highest BCUT2D eigenvalue weighted by atomic mass is 19.1. The zero-order valence-corrected chi connectivity index (χ0v) is 15.1. The minimum atomic E-state index is -0.311. The average molecular weight is 358 g/mol. The molecule has 0 N–H and O–H groups in total. The van der Waals surface area contributed by atoms with Crippen LogP contribution in [-0.4, -0.2) is 56.7 Å². The van der Waals surface area contributed by atoms with Gasteiger partial charge in [-0.3, -0.25) is 9.48 Å². The molecule has 2 aliphatic rings. The molecule has 0 saturated carbocycles. The van der Waals surface area contributed by atoms with Gasteiger partial charge in [-0.1, -0.05) is 6.92 Å². The molecule has 2 aliphatic heterocycles. The predicted octanol–water partition coefficient (Wildman–Crippen LogP) is 1.51. The molecule has 2 fully saturated rings. The van der Waals surface area contributed by atoms with E-state index in [9.17, 15) is 9.18 Å². The van der Waals surface area contributed by atoms with Crippen molar-refractivity contribution in [2.75, 3.05) is 31.1 Å². The maximum atomic E-state index is 14.6. The Morgan fingerprint density at radius 1 is 1.27 bits per heavy atom. The van der Waals surface area contributed by atoms with E-state index >= 15 is 0 Å². The van der Waals surface area contributed by atoms with Crippen LogP contribution in [0.3, 0.4) is 0 Å². The number of carbonyl (C=O) groups is 1. The molecule has 7 nitrogen and oxygen atoms in total. The molecule has 0 aliphatic carbocycles. The summed E-state index contributed by atoms with van der Waals surface area (Å²) in [6.07, 6.45) is 4.57. The smallest absolute Gasteiger partial charge is 0.272 e. The summed E-state index contributed by atoms with van der Waals surface area (Å²) in [5.74, 6) is 0.896. The second-order valence-electron chi connectivity index (χ2n) is 7.12. The van der Waals surface area contributed by atoms with E-state index in [0.29, 0.717) is 42.0 Å². The number of amides is 1. The molecule has 0 radical (unpaired) electrons. The quantitative estimate of drug-likeness (QED) is 0.832. The first-order valence-corrected chi connectivity index (χ1v) is 9.10. The van der Waals surface area contributed by atoms with Gasteiger partial charge in [0.15, 0.2) is 11.6 Å². The second kappa shape index (κ2) is 6.66. The third kappa shape index (κ3) is 2.83. The first-order chi connectivity index (χ1) is 12.6. The Morgan fingerprint density at radius 3 is 2.81 bits per heavy atom. The van der Waals surface area contributed by atoms with Crippen LogP contribution in [0, 0.1) is 17.7 Å². The van der Waals surface area contributed by atoms with Crippen molar-refractivity contribution in [2.45, 2.75) is 19.8 Å². The summed E-state index contributed by atoms with van der Waals surface area (Å²) in [6, 6.07) is 1.75. The molecule has 8 heteroatoms. The minimum absolute atomic E-state index is 0.0208. The Balaban J connectivity index is 1.48. The van der Waals surface area contributed by atoms with E-state index in [1.807, 2.05) is 16.7 Å². The largest absolute Gasteiger partial charge is 0.354 e. The summed E-state index contributed by atoms with van der Waals surface area (Å²) in [4.78, 5) is 24.8. The van der Waals surface area contributed by atoms with Gasteiger partial charge in [0.25, 0.3) is 5.91 Å². The number of carbonyl (C=O) groups excluding carboxylic acids is 1. The monoisotopic (exact) mass is 358 g/mol. The zero-order chi connectivity index (χ0) is 18.3. The lowest BCUT2D eigenvalue weighted by molar-refractivity contribution is 0.0773. The molecule has 2 atom stereocenters. The molecule has 138 valence electrons. The van der Waals surface area contributed by atoms with Crippen molar-refractivity contribution >= 4 is 11.7 Å². The molecule has 0 spiro atoms. The number of likely N-dealkylation sites (tertiary alicyclic amines) is 1. The van der Waals surface area contributed by atoms with Crippen LogP contribution in [0.5, 0.6) is 0 Å². The Hall–Kier alpha value is -2.51. The first-order valence-electron chi connectivity index (χ1n) is 9.10. The summed E-state index contributed by atoms with van der Waals surface area (Å²) in [5.41, 5.74) is 1.06. The molecule has 4 rings (SSSR count). The normalized spacial score (nSPS) is 22.6. The molecule has 26 heavy (non-hydrogen) atoms. The van der Waals surface area contributed by atoms with Crippen molar-refractivity contribution < 1.29 is 9.18 Å². The fourth-order valence-electron chi connectivity index (χ4n) is 4.14. The van der Waals surface area contributed by atoms with Crippen LogP contribution in [-0.2, 0) is 13.5 Å². The SMILES string of the molecule is CCc1ncnc(N2CC[C@@H]3CN(C(=O)c4ccnn4C)C[C@@H]3C2)c1F. The standard InChI is InChI=1S/C18H23FN6O/c1-3-14-16(19)17(21-11-20-14)24-7-5-12-8-25(10-13(12)9-24)18(26)15-4-6-22-23(15)2/h4,6,11-13H,3,5,7-10H2,1-2H3/t12-,13+/m1/s1. The van der Waals surface area contributed by atoms with Gasteiger partial charge in [-0.25, -0.2) is 14.4 Å². The maximum Gasteiger partial charge on any atom is 0.272 e. The predicted molar refractivity (Wildman–Crippen MR) is 94.3 cm³/mol. The van der Waals surface area contributed by atoms with E-state index in [0.717, 1.165) is 26.1 Å². The number of anilines is 1. The lowest BCUT2D eigenvalue weighted by Gasteiger charge is -2.35. The van der Waals surface area contributed by atoms with E-state index in [1.165, 1.54) is 6.33 Å². The molecule has 4 heterocycles. The number of halogens is 1. The van der Waals surface area contributed by atoms with Gasteiger partial charge in [0, 0.05) is 39.4 Å². The van der Waals surface area contributed by atoms with E-state index < -0.39 is 0 Å². The number of aromatic nitrogens is 4. The van der Waals surface area contributed by atoms with Gasteiger partial charge in [0.1, 0.15) is 12.0 Å². The summed E-state index contributed by atoms with van der Waals surface area (Å²) in [7, 11) is 1.78. The van der Waals surface area contributed by atoms with E-state index in [2.05, 4.69) is 15.1 Å². The van der Waals surface area contributed by atoms with E-state index in [-0.39, 0.29) is 11.7 Å². The van der Waals surface area contributed by atoms with Crippen LogP contribution < -0.4 is 4.90 Å². The number of piperidine rings is 1. The van der Waals surface area contributed by atoms with Crippen LogP contribution in [0.4, 0.5) is 10.2 Å². The number of nitrogens with zero attached hydrogens (tertiary/aromatic N) is 6. The van der Waals surface area contributed by atoms with E-state index in [1.54, 1.807) is 24.0 Å². The summed E-state index contributed by atoms with van der Waals surface area (Å²) >= 11 is 0. The topological polar surface area (TPSA) is 67.2 Å². The minimum Gasteiger partial charge on any atom is -0.354 e. The number of aryl methyl sites for hydroxylation is 2. The van der Waals surface area contributed by atoms with Gasteiger partial charge in [0.05, 0.1) is 5.69 Å². The molecular weight excluding hydrogens is 335 g/mol. The Morgan fingerprint density at radius 2 is 2.08 bits per heavy atom. The molecule has 0 bridgehead atoms. The van der Waals surface area contributed by atoms with Gasteiger partial charge in [-0.2, -0.15) is 5.10 Å². The fraction of sp³-hybridized carbons (Fsp3) is 0.556. The van der Waals surface area contributed by atoms with Gasteiger partial charge in [-0.15, -0.1) is 0 Å². The third-order valence-corrected chi connectivity index (χ3v) is 5.61. The number of fused-ring (bicyclic) bond motifs is 1. The van der Waals surface area contributed by atoms with Gasteiger partial charge in [-0.05, 0) is 30.7 Å². The molecule has 2 saturated heterocycles. The molecule has 2 aromatic rings. The van der Waals surface area contributed by atoms with Crippen molar-refractivity contribution in [1.29, 1.82) is 0 Å². The summed E-state index contributed by atoms with van der Waals surface area (Å²) in [5, 5.41) is 4.08. The molecule has 1 amide bonds. The van der Waals surface area contributed by atoms with Crippen LogP contribution in [0.2, 0.25) is 0 Å². The first kappa shape index (κ1) is 16.9. The van der Waals surface area contributed by atoms with Crippen molar-refractivity contribution in [1.82, 2.24) is 24.6 Å². The highest BCUT2D eigenvalue weighted by Gasteiger charge is 2.40. The summed E-state index contributed by atoms with van der Waals surface area (Å²) < 4.78 is 16.2. The number of hydrogen-bond acceptors (Lipinski definition) is 5. The molecule has 0 aromatic carbocycles. The number of rotatable bonds is 3. The highest BCUT2D eigenvalue weighted by molar-refractivity contribution is 5.92. The lowest BCUT2D eigenvalue weighted by Crippen LogP contribution is -2.41. The van der Waals surface area contributed by atoms with E-state index in [4.69, 9.17) is 0 Å². The van der Waals surface area contributed by atoms with Crippen LogP contribution in [0.25, 0.3) is 0 Å². The third-order valence-electron chi connectivity index (χ3n) is 5.61. The van der Waals surface area contributed by atoms with Gasteiger partial charge >= 0.3 is 0 Å². The fourth-order valence-corrected chi connectivity index (χ4v) is 4.14. The zero-order valence-electron chi connectivity index (χ0n) is 15.1. The Kier molecular flexibility index (Phi) is 4.34. The average Bonchev–Trinajstić information content (AvgIpc) is 3.26. The Labute approximate surface area is 151 Å². The maximum absolute atomic E-state index is 14.6. The number of hydrogen-bond donors (Lipinski definition) is 0. The van der Waals surface area contributed by atoms with Crippen LogP contribution >= 0.6 is 0 Å². The van der Waals surface area contributed by atoms with Gasteiger partial charge in [0.2, 0.25) is 0 Å². The van der Waals surface area contributed by atoms with Gasteiger partial charge < -0.3 is 9.80 Å². The van der Waals surface area contributed by atoms with Crippen LogP contribution in [0.1, 0.15) is 29.5 Å². The van der Waals surface area contributed by atoms with Crippen molar-refractivity contribution in [2.24, 2.45) is 18.9 Å². The van der Waals surface area contributed by atoms with Crippen molar-refractivity contribution in [3.63, 3.8) is 0 Å². The molecule has 0 unspecified atom stereocenters. The van der Waals surface area contributed by atoms with Crippen LogP contribution in [0.15, 0.2) is 18.6 Å². The van der Waals surface area contributed by atoms with Crippen molar-refractivity contribution in [3.05, 3.63) is 35.8 Å².